The van der Waals surface area contributed by atoms with E-state index in [1.165, 1.54) is 11.1 Å². The maximum absolute atomic E-state index is 12.2. The van der Waals surface area contributed by atoms with Crippen molar-refractivity contribution in [3.8, 4) is 5.75 Å². The zero-order chi connectivity index (χ0) is 26.8. The number of carbonyl (C=O) groups excluding carboxylic acids is 1. The molecule has 2 aromatic carbocycles. The lowest BCUT2D eigenvalue weighted by Crippen LogP contribution is -2.40. The highest BCUT2D eigenvalue weighted by molar-refractivity contribution is 6.49. The van der Waals surface area contributed by atoms with Crippen molar-refractivity contribution in [1.82, 2.24) is 14.7 Å². The van der Waals surface area contributed by atoms with Crippen molar-refractivity contribution in [3.05, 3.63) is 63.8 Å². The Hall–Kier alpha value is -2.54. The van der Waals surface area contributed by atoms with Gasteiger partial charge in [0.2, 0.25) is 0 Å². The Balaban J connectivity index is 1.24. The fraction of sp³-hybridized carbons (Fsp3) is 0.467. The fourth-order valence-electron chi connectivity index (χ4n) is 5.54. The predicted molar refractivity (Wildman–Crippen MR) is 153 cm³/mol. The van der Waals surface area contributed by atoms with Gasteiger partial charge in [-0.3, -0.25) is 14.4 Å². The second-order valence-corrected chi connectivity index (χ2v) is 11.3. The van der Waals surface area contributed by atoms with Crippen LogP contribution < -0.4 is 4.74 Å². The third-order valence-corrected chi connectivity index (χ3v) is 8.23. The van der Waals surface area contributed by atoms with Crippen LogP contribution in [0.3, 0.4) is 0 Å². The quantitative estimate of drug-likeness (QED) is 0.279. The van der Waals surface area contributed by atoms with Gasteiger partial charge in [0.1, 0.15) is 12.4 Å². The molecule has 0 spiro atoms. The monoisotopic (exact) mass is 555 g/mol. The number of carbonyl (C=O) groups is 1. The molecule has 0 unspecified atom stereocenters. The van der Waals surface area contributed by atoms with Crippen LogP contribution >= 0.6 is 23.2 Å². The van der Waals surface area contributed by atoms with Crippen LogP contribution in [0.25, 0.3) is 15.9 Å². The van der Waals surface area contributed by atoms with E-state index < -0.39 is 0 Å². The summed E-state index contributed by atoms with van der Waals surface area (Å²) in [5.74, 6) is 0.711. The first-order chi connectivity index (χ1) is 18.3. The standard InChI is InChI=1S/C30H35Cl2N3O3/c1-4-37-30(36)23-6-5-13-34(17-23)16-22-9-8-21-15-24(10-11-25(21)28(22)31)38-18-20-7-12-27-26(14-20)29(32)33-35(27)19(2)3/h7,10-12,14-15,19,23H,4-6,8-9,13,16-18H2,1-3H3/t23-/m0/s1. The van der Waals surface area contributed by atoms with Crippen molar-refractivity contribution in [2.45, 2.75) is 59.1 Å². The van der Waals surface area contributed by atoms with E-state index in [1.54, 1.807) is 0 Å². The molecule has 0 saturated carbocycles. The van der Waals surface area contributed by atoms with Crippen molar-refractivity contribution in [1.29, 1.82) is 0 Å². The lowest BCUT2D eigenvalue weighted by molar-refractivity contribution is -0.149. The molecule has 6 nitrogen and oxygen atoms in total. The summed E-state index contributed by atoms with van der Waals surface area (Å²) in [5.41, 5.74) is 5.60. The molecular formula is C30H35Cl2N3O3. The second kappa shape index (κ2) is 11.7. The van der Waals surface area contributed by atoms with Crippen LogP contribution in [0.1, 0.15) is 62.8 Å². The molecule has 1 aliphatic carbocycles. The highest BCUT2D eigenvalue weighted by Crippen LogP contribution is 2.37. The number of hydrogen-bond donors (Lipinski definition) is 0. The summed E-state index contributed by atoms with van der Waals surface area (Å²) < 4.78 is 13.4. The molecule has 1 aliphatic heterocycles. The average Bonchev–Trinajstić information content (AvgIpc) is 3.25. The van der Waals surface area contributed by atoms with E-state index in [4.69, 9.17) is 32.7 Å². The van der Waals surface area contributed by atoms with E-state index in [0.29, 0.717) is 18.4 Å². The van der Waals surface area contributed by atoms with Gasteiger partial charge in [-0.1, -0.05) is 29.3 Å². The summed E-state index contributed by atoms with van der Waals surface area (Å²) in [4.78, 5) is 14.6. The number of ether oxygens (including phenoxy) is 2. The molecule has 0 bridgehead atoms. The van der Waals surface area contributed by atoms with Gasteiger partial charge in [0.25, 0.3) is 0 Å². The molecule has 2 aliphatic rings. The summed E-state index contributed by atoms with van der Waals surface area (Å²) in [6.07, 6.45) is 3.73. The number of likely N-dealkylation sites (tertiary alicyclic amines) is 1. The second-order valence-electron chi connectivity index (χ2n) is 10.5. The minimum absolute atomic E-state index is 0.0400. The minimum atomic E-state index is -0.0764. The smallest absolute Gasteiger partial charge is 0.310 e. The molecule has 1 aromatic heterocycles. The van der Waals surface area contributed by atoms with E-state index in [0.717, 1.165) is 78.1 Å². The number of hydrogen-bond acceptors (Lipinski definition) is 5. The Morgan fingerprint density at radius 1 is 1.16 bits per heavy atom. The minimum Gasteiger partial charge on any atom is -0.489 e. The predicted octanol–water partition coefficient (Wildman–Crippen LogP) is 7.02. The van der Waals surface area contributed by atoms with Gasteiger partial charge in [-0.25, -0.2) is 0 Å². The topological polar surface area (TPSA) is 56.6 Å². The average molecular weight is 557 g/mol. The van der Waals surface area contributed by atoms with Crippen molar-refractivity contribution in [2.75, 3.05) is 26.2 Å². The van der Waals surface area contributed by atoms with Crippen molar-refractivity contribution in [2.24, 2.45) is 5.92 Å². The molecule has 8 heteroatoms. The maximum atomic E-state index is 12.2. The van der Waals surface area contributed by atoms with E-state index in [9.17, 15) is 4.79 Å². The van der Waals surface area contributed by atoms with Gasteiger partial charge in [0.05, 0.1) is 18.0 Å². The largest absolute Gasteiger partial charge is 0.489 e. The van der Waals surface area contributed by atoms with Crippen molar-refractivity contribution in [3.63, 3.8) is 0 Å². The molecule has 2 heterocycles. The van der Waals surface area contributed by atoms with Gasteiger partial charge >= 0.3 is 5.97 Å². The van der Waals surface area contributed by atoms with Crippen molar-refractivity contribution >= 4 is 45.1 Å². The Morgan fingerprint density at radius 3 is 2.79 bits per heavy atom. The van der Waals surface area contributed by atoms with Crippen LogP contribution in [0.15, 0.2) is 42.0 Å². The molecule has 0 radical (unpaired) electrons. The number of aryl methyl sites for hydroxylation is 1. The van der Waals surface area contributed by atoms with Gasteiger partial charge in [0.15, 0.2) is 5.15 Å². The third kappa shape index (κ3) is 5.73. The zero-order valence-corrected chi connectivity index (χ0v) is 23.8. The first kappa shape index (κ1) is 27.0. The molecule has 0 N–H and O–H groups in total. The molecule has 1 atom stereocenters. The maximum Gasteiger partial charge on any atom is 0.310 e. The van der Waals surface area contributed by atoms with Crippen LogP contribution in [0.4, 0.5) is 0 Å². The first-order valence-electron chi connectivity index (χ1n) is 13.5. The first-order valence-corrected chi connectivity index (χ1v) is 14.3. The summed E-state index contributed by atoms with van der Waals surface area (Å²) in [7, 11) is 0. The molecule has 38 heavy (non-hydrogen) atoms. The Labute approximate surface area is 234 Å². The summed E-state index contributed by atoms with van der Waals surface area (Å²) in [6, 6.07) is 12.6. The number of nitrogens with zero attached hydrogens (tertiary/aromatic N) is 3. The normalized spacial score (nSPS) is 18.2. The van der Waals surface area contributed by atoms with E-state index in [-0.39, 0.29) is 17.9 Å². The van der Waals surface area contributed by atoms with Gasteiger partial charge in [0, 0.05) is 29.5 Å². The number of benzene rings is 2. The number of piperidine rings is 1. The van der Waals surface area contributed by atoms with Crippen LogP contribution in [-0.2, 0) is 22.6 Å². The Kier molecular flexibility index (Phi) is 8.32. The Bertz CT molecular complexity index is 1360. The van der Waals surface area contributed by atoms with Crippen LogP contribution in [0, 0.1) is 5.92 Å². The number of halogens is 2. The third-order valence-electron chi connectivity index (χ3n) is 7.48. The summed E-state index contributed by atoms with van der Waals surface area (Å²) in [6.45, 7) is 9.44. The molecule has 1 fully saturated rings. The molecule has 1 saturated heterocycles. The number of fused-ring (bicyclic) bond motifs is 2. The van der Waals surface area contributed by atoms with Gasteiger partial charge in [-0.15, -0.1) is 0 Å². The van der Waals surface area contributed by atoms with E-state index in [1.807, 2.05) is 17.7 Å². The van der Waals surface area contributed by atoms with E-state index in [2.05, 4.69) is 54.2 Å². The summed E-state index contributed by atoms with van der Waals surface area (Å²) in [5, 5.41) is 6.76. The summed E-state index contributed by atoms with van der Waals surface area (Å²) >= 11 is 13.3. The van der Waals surface area contributed by atoms with Gasteiger partial charge < -0.3 is 9.47 Å². The number of esters is 1. The highest BCUT2D eigenvalue weighted by atomic mass is 35.5. The SMILES string of the molecule is CCOC(=O)[C@H]1CCCN(CC2=C(Cl)c3ccc(OCc4ccc5c(c4)c(Cl)nn5C(C)C)cc3CC2)C1. The highest BCUT2D eigenvalue weighted by Gasteiger charge is 2.28. The number of aromatic nitrogens is 2. The van der Waals surface area contributed by atoms with Crippen LogP contribution in [-0.4, -0.2) is 46.9 Å². The van der Waals surface area contributed by atoms with Crippen molar-refractivity contribution < 1.29 is 14.3 Å². The number of rotatable bonds is 8. The molecular weight excluding hydrogens is 521 g/mol. The Morgan fingerprint density at radius 2 is 2.00 bits per heavy atom. The van der Waals surface area contributed by atoms with Gasteiger partial charge in [-0.2, -0.15) is 5.10 Å². The van der Waals surface area contributed by atoms with Crippen LogP contribution in [0.2, 0.25) is 5.15 Å². The van der Waals surface area contributed by atoms with Gasteiger partial charge in [-0.05, 0) is 106 Å². The lowest BCUT2D eigenvalue weighted by atomic mass is 9.90. The molecule has 202 valence electrons. The fourth-order valence-corrected chi connectivity index (χ4v) is 6.11. The lowest BCUT2D eigenvalue weighted by Gasteiger charge is -2.33. The molecule has 3 aromatic rings. The molecule has 0 amide bonds. The van der Waals surface area contributed by atoms with E-state index >= 15 is 0 Å². The zero-order valence-electron chi connectivity index (χ0n) is 22.3. The molecule has 5 rings (SSSR count). The van der Waals surface area contributed by atoms with Crippen LogP contribution in [0.5, 0.6) is 5.75 Å².